The number of carbonyl (C=O) groups is 1. The number of hydrogen-bond acceptors (Lipinski definition) is 3. The lowest BCUT2D eigenvalue weighted by Crippen LogP contribution is -2.45. The minimum atomic E-state index is 0.148. The molecule has 1 aliphatic heterocycles. The van der Waals surface area contributed by atoms with Gasteiger partial charge in [0.25, 0.3) is 5.91 Å². The van der Waals surface area contributed by atoms with Crippen LogP contribution in [0.25, 0.3) is 0 Å². The fourth-order valence-electron chi connectivity index (χ4n) is 2.29. The van der Waals surface area contributed by atoms with Crippen LogP contribution in [0.15, 0.2) is 11.4 Å². The van der Waals surface area contributed by atoms with Crippen molar-refractivity contribution >= 4 is 17.2 Å². The van der Waals surface area contributed by atoms with Crippen molar-refractivity contribution < 1.29 is 4.79 Å². The van der Waals surface area contributed by atoms with Gasteiger partial charge in [0.15, 0.2) is 0 Å². The number of carbonyl (C=O) groups excluding carboxylic acids is 1. The minimum Gasteiger partial charge on any atom is -0.336 e. The SMILES string of the molecule is CC(C)c1ccsc1C(=O)N1CCCC(N)C1. The second-order valence-corrected chi connectivity index (χ2v) is 5.93. The molecule has 1 saturated heterocycles. The Hall–Kier alpha value is -0.870. The third-order valence-corrected chi connectivity index (χ3v) is 4.18. The second kappa shape index (κ2) is 5.19. The van der Waals surface area contributed by atoms with Gasteiger partial charge in [-0.2, -0.15) is 0 Å². The number of amides is 1. The molecule has 94 valence electrons. The van der Waals surface area contributed by atoms with E-state index in [1.165, 1.54) is 5.56 Å². The normalized spacial score (nSPS) is 20.9. The van der Waals surface area contributed by atoms with Crippen LogP contribution in [-0.2, 0) is 0 Å². The standard InChI is InChI=1S/C13H20N2OS/c1-9(2)11-5-7-17-12(11)13(16)15-6-3-4-10(14)8-15/h5,7,9-10H,3-4,6,8,14H2,1-2H3. The Morgan fingerprint density at radius 1 is 1.59 bits per heavy atom. The van der Waals surface area contributed by atoms with Gasteiger partial charge in [-0.25, -0.2) is 0 Å². The number of thiophene rings is 1. The summed E-state index contributed by atoms with van der Waals surface area (Å²) >= 11 is 1.55. The zero-order valence-corrected chi connectivity index (χ0v) is 11.3. The summed E-state index contributed by atoms with van der Waals surface area (Å²) < 4.78 is 0. The average Bonchev–Trinajstić information content (AvgIpc) is 2.77. The van der Waals surface area contributed by atoms with Gasteiger partial charge in [0.1, 0.15) is 0 Å². The van der Waals surface area contributed by atoms with Crippen LogP contribution in [0.3, 0.4) is 0 Å². The Balaban J connectivity index is 2.16. The first kappa shape index (κ1) is 12.6. The van der Waals surface area contributed by atoms with Crippen molar-refractivity contribution in [3.05, 3.63) is 21.9 Å². The van der Waals surface area contributed by atoms with Crippen molar-refractivity contribution in [2.45, 2.75) is 38.6 Å². The van der Waals surface area contributed by atoms with Crippen molar-refractivity contribution in [1.29, 1.82) is 0 Å². The fourth-order valence-corrected chi connectivity index (χ4v) is 3.31. The molecule has 1 aliphatic rings. The van der Waals surface area contributed by atoms with Crippen molar-refractivity contribution in [1.82, 2.24) is 4.90 Å². The van der Waals surface area contributed by atoms with Gasteiger partial charge in [-0.05, 0) is 35.8 Å². The van der Waals surface area contributed by atoms with E-state index in [2.05, 4.69) is 19.9 Å². The fraction of sp³-hybridized carbons (Fsp3) is 0.615. The average molecular weight is 252 g/mol. The summed E-state index contributed by atoms with van der Waals surface area (Å²) in [4.78, 5) is 15.2. The predicted molar refractivity (Wildman–Crippen MR) is 71.5 cm³/mol. The largest absolute Gasteiger partial charge is 0.336 e. The molecule has 0 spiro atoms. The summed E-state index contributed by atoms with van der Waals surface area (Å²) in [5, 5.41) is 2.01. The third-order valence-electron chi connectivity index (χ3n) is 3.26. The molecular formula is C13H20N2OS. The molecular weight excluding hydrogens is 232 g/mol. The van der Waals surface area contributed by atoms with E-state index < -0.39 is 0 Å². The Morgan fingerprint density at radius 3 is 3.00 bits per heavy atom. The lowest BCUT2D eigenvalue weighted by atomic mass is 10.0. The van der Waals surface area contributed by atoms with E-state index in [1.807, 2.05) is 10.3 Å². The van der Waals surface area contributed by atoms with E-state index >= 15 is 0 Å². The molecule has 1 atom stereocenters. The predicted octanol–water partition coefficient (Wildman–Crippen LogP) is 2.43. The van der Waals surface area contributed by atoms with Crippen LogP contribution in [0.1, 0.15) is 47.8 Å². The Kier molecular flexibility index (Phi) is 3.84. The molecule has 0 aliphatic carbocycles. The van der Waals surface area contributed by atoms with E-state index in [0.717, 1.165) is 24.3 Å². The summed E-state index contributed by atoms with van der Waals surface area (Å²) in [5.41, 5.74) is 7.09. The molecule has 0 radical (unpaired) electrons. The minimum absolute atomic E-state index is 0.148. The molecule has 3 nitrogen and oxygen atoms in total. The number of nitrogens with zero attached hydrogens (tertiary/aromatic N) is 1. The summed E-state index contributed by atoms with van der Waals surface area (Å²) in [7, 11) is 0. The summed E-state index contributed by atoms with van der Waals surface area (Å²) in [6.45, 7) is 5.80. The first-order chi connectivity index (χ1) is 8.09. The number of piperidine rings is 1. The van der Waals surface area contributed by atoms with E-state index in [9.17, 15) is 4.79 Å². The van der Waals surface area contributed by atoms with Crippen molar-refractivity contribution in [2.24, 2.45) is 5.73 Å². The lowest BCUT2D eigenvalue weighted by molar-refractivity contribution is 0.0712. The maximum Gasteiger partial charge on any atom is 0.264 e. The van der Waals surface area contributed by atoms with Crippen LogP contribution in [0.4, 0.5) is 0 Å². The Morgan fingerprint density at radius 2 is 2.35 bits per heavy atom. The maximum absolute atomic E-state index is 12.4. The van der Waals surface area contributed by atoms with Crippen LogP contribution in [0.2, 0.25) is 0 Å². The molecule has 1 fully saturated rings. The third kappa shape index (κ3) is 2.69. The van der Waals surface area contributed by atoms with Gasteiger partial charge in [0, 0.05) is 19.1 Å². The summed E-state index contributed by atoms with van der Waals surface area (Å²) in [6, 6.07) is 2.21. The van der Waals surface area contributed by atoms with Crippen molar-refractivity contribution in [3.8, 4) is 0 Å². The van der Waals surface area contributed by atoms with E-state index in [4.69, 9.17) is 5.73 Å². The second-order valence-electron chi connectivity index (χ2n) is 5.01. The maximum atomic E-state index is 12.4. The molecule has 0 bridgehead atoms. The highest BCUT2D eigenvalue weighted by Gasteiger charge is 2.25. The lowest BCUT2D eigenvalue weighted by Gasteiger charge is -2.30. The highest BCUT2D eigenvalue weighted by atomic mass is 32.1. The van der Waals surface area contributed by atoms with Gasteiger partial charge >= 0.3 is 0 Å². The number of hydrogen-bond donors (Lipinski definition) is 1. The molecule has 1 aromatic rings. The van der Waals surface area contributed by atoms with Crippen molar-refractivity contribution in [3.63, 3.8) is 0 Å². The molecule has 1 amide bonds. The summed E-state index contributed by atoms with van der Waals surface area (Å²) in [5.74, 6) is 0.567. The summed E-state index contributed by atoms with van der Waals surface area (Å²) in [6.07, 6.45) is 2.06. The number of rotatable bonds is 2. The first-order valence-electron chi connectivity index (χ1n) is 6.22. The quantitative estimate of drug-likeness (QED) is 0.878. The number of nitrogens with two attached hydrogens (primary N) is 1. The smallest absolute Gasteiger partial charge is 0.264 e. The molecule has 17 heavy (non-hydrogen) atoms. The van der Waals surface area contributed by atoms with Crippen LogP contribution in [0, 0.1) is 0 Å². The van der Waals surface area contributed by atoms with E-state index in [0.29, 0.717) is 12.5 Å². The van der Waals surface area contributed by atoms with Gasteiger partial charge in [-0.1, -0.05) is 13.8 Å². The van der Waals surface area contributed by atoms with Gasteiger partial charge in [-0.3, -0.25) is 4.79 Å². The Labute approximate surface area is 107 Å². The molecule has 4 heteroatoms. The van der Waals surface area contributed by atoms with Crippen LogP contribution < -0.4 is 5.73 Å². The zero-order valence-electron chi connectivity index (χ0n) is 10.5. The van der Waals surface area contributed by atoms with Gasteiger partial charge in [-0.15, -0.1) is 11.3 Å². The molecule has 2 N–H and O–H groups in total. The molecule has 2 heterocycles. The number of likely N-dealkylation sites (tertiary alicyclic amines) is 1. The molecule has 0 saturated carbocycles. The van der Waals surface area contributed by atoms with Crippen LogP contribution in [-0.4, -0.2) is 29.9 Å². The highest BCUT2D eigenvalue weighted by molar-refractivity contribution is 7.12. The van der Waals surface area contributed by atoms with Gasteiger partial charge < -0.3 is 10.6 Å². The highest BCUT2D eigenvalue weighted by Crippen LogP contribution is 2.26. The van der Waals surface area contributed by atoms with Crippen LogP contribution in [0.5, 0.6) is 0 Å². The van der Waals surface area contributed by atoms with Gasteiger partial charge in [0.05, 0.1) is 4.88 Å². The molecule has 1 unspecified atom stereocenters. The molecule has 1 aromatic heterocycles. The molecule has 2 rings (SSSR count). The zero-order chi connectivity index (χ0) is 12.4. The van der Waals surface area contributed by atoms with Crippen molar-refractivity contribution in [2.75, 3.05) is 13.1 Å². The van der Waals surface area contributed by atoms with Crippen LogP contribution >= 0.6 is 11.3 Å². The van der Waals surface area contributed by atoms with Gasteiger partial charge in [0.2, 0.25) is 0 Å². The van der Waals surface area contributed by atoms with E-state index in [-0.39, 0.29) is 11.9 Å². The monoisotopic (exact) mass is 252 g/mol. The topological polar surface area (TPSA) is 46.3 Å². The Bertz CT molecular complexity index is 400. The van der Waals surface area contributed by atoms with E-state index in [1.54, 1.807) is 11.3 Å². The molecule has 0 aromatic carbocycles. The first-order valence-corrected chi connectivity index (χ1v) is 7.09.